The summed E-state index contributed by atoms with van der Waals surface area (Å²) in [5, 5.41) is 9.56. The Morgan fingerprint density at radius 2 is 1.93 bits per heavy atom. The van der Waals surface area contributed by atoms with E-state index in [1.165, 1.54) is 12.8 Å². The van der Waals surface area contributed by atoms with E-state index in [0.717, 1.165) is 19.6 Å². The zero-order valence-corrected chi connectivity index (χ0v) is 9.62. The molecule has 1 rings (SSSR count). The second-order valence-electron chi connectivity index (χ2n) is 5.07. The lowest BCUT2D eigenvalue weighted by molar-refractivity contribution is 0.0224. The molecule has 0 radical (unpaired) electrons. The molecule has 1 unspecified atom stereocenters. The van der Waals surface area contributed by atoms with E-state index in [1.807, 2.05) is 0 Å². The number of rotatable bonds is 4. The molecule has 0 aromatic carbocycles. The number of methoxy groups -OCH3 is 1. The zero-order valence-electron chi connectivity index (χ0n) is 9.62. The lowest BCUT2D eigenvalue weighted by atomic mass is 9.82. The fourth-order valence-electron chi connectivity index (χ4n) is 1.88. The summed E-state index contributed by atoms with van der Waals surface area (Å²) in [6, 6.07) is 0. The Hall–Kier alpha value is -0.120. The van der Waals surface area contributed by atoms with E-state index in [2.05, 4.69) is 18.7 Å². The van der Waals surface area contributed by atoms with Crippen LogP contribution in [0.4, 0.5) is 0 Å². The molecular weight excluding hydrogens is 178 g/mol. The van der Waals surface area contributed by atoms with Crippen LogP contribution >= 0.6 is 0 Å². The molecule has 1 aliphatic heterocycles. The summed E-state index contributed by atoms with van der Waals surface area (Å²) >= 11 is 0. The summed E-state index contributed by atoms with van der Waals surface area (Å²) < 4.78 is 4.91. The molecule has 0 aromatic rings. The first-order valence-electron chi connectivity index (χ1n) is 5.43. The van der Waals surface area contributed by atoms with Crippen LogP contribution in [0.1, 0.15) is 26.7 Å². The molecular formula is C11H23NO2. The average molecular weight is 201 g/mol. The number of ether oxygens (including phenoxy) is 1. The standard InChI is InChI=1S/C11H23NO2/c1-11(2)4-6-12(7-5-11)8-10(13)9-14-3/h10,13H,4-9H2,1-3H3. The first-order chi connectivity index (χ1) is 6.53. The summed E-state index contributed by atoms with van der Waals surface area (Å²) in [6.07, 6.45) is 2.13. The highest BCUT2D eigenvalue weighted by atomic mass is 16.5. The molecule has 0 bridgehead atoms. The average Bonchev–Trinajstić information content (AvgIpc) is 2.09. The topological polar surface area (TPSA) is 32.7 Å². The Morgan fingerprint density at radius 1 is 1.36 bits per heavy atom. The third-order valence-electron chi connectivity index (χ3n) is 3.04. The van der Waals surface area contributed by atoms with Crippen molar-refractivity contribution in [3.63, 3.8) is 0 Å². The van der Waals surface area contributed by atoms with E-state index >= 15 is 0 Å². The fourth-order valence-corrected chi connectivity index (χ4v) is 1.88. The molecule has 1 atom stereocenters. The van der Waals surface area contributed by atoms with E-state index in [-0.39, 0.29) is 6.10 Å². The second-order valence-corrected chi connectivity index (χ2v) is 5.07. The molecule has 0 aliphatic carbocycles. The van der Waals surface area contributed by atoms with Crippen molar-refractivity contribution in [2.75, 3.05) is 33.4 Å². The van der Waals surface area contributed by atoms with E-state index in [1.54, 1.807) is 7.11 Å². The number of aliphatic hydroxyl groups is 1. The van der Waals surface area contributed by atoms with Gasteiger partial charge in [0.15, 0.2) is 0 Å². The first-order valence-corrected chi connectivity index (χ1v) is 5.43. The minimum absolute atomic E-state index is 0.332. The highest BCUT2D eigenvalue weighted by molar-refractivity contribution is 4.79. The quantitative estimate of drug-likeness (QED) is 0.739. The van der Waals surface area contributed by atoms with Gasteiger partial charge in [0, 0.05) is 13.7 Å². The predicted octanol–water partition coefficient (Wildman–Crippen LogP) is 1.12. The Labute approximate surface area is 87.1 Å². The Bertz CT molecular complexity index is 161. The van der Waals surface area contributed by atoms with Crippen molar-refractivity contribution in [1.29, 1.82) is 0 Å². The summed E-state index contributed by atoms with van der Waals surface area (Å²) in [6.45, 7) is 8.04. The minimum Gasteiger partial charge on any atom is -0.389 e. The molecule has 1 heterocycles. The van der Waals surface area contributed by atoms with Gasteiger partial charge in [-0.05, 0) is 31.3 Å². The van der Waals surface area contributed by atoms with Crippen LogP contribution in [0.3, 0.4) is 0 Å². The molecule has 84 valence electrons. The second kappa shape index (κ2) is 5.10. The molecule has 1 saturated heterocycles. The molecule has 0 amide bonds. The predicted molar refractivity (Wildman–Crippen MR) is 57.3 cm³/mol. The summed E-state index contributed by atoms with van der Waals surface area (Å²) in [5.74, 6) is 0. The van der Waals surface area contributed by atoms with Gasteiger partial charge in [-0.3, -0.25) is 0 Å². The van der Waals surface area contributed by atoms with Crippen LogP contribution in [0.15, 0.2) is 0 Å². The Kier molecular flexibility index (Phi) is 4.35. The number of nitrogens with zero attached hydrogens (tertiary/aromatic N) is 1. The van der Waals surface area contributed by atoms with E-state index < -0.39 is 0 Å². The van der Waals surface area contributed by atoms with Crippen molar-refractivity contribution in [3.05, 3.63) is 0 Å². The lowest BCUT2D eigenvalue weighted by Crippen LogP contribution is -2.42. The zero-order chi connectivity index (χ0) is 10.6. The van der Waals surface area contributed by atoms with Crippen LogP contribution in [-0.4, -0.2) is 49.5 Å². The molecule has 0 spiro atoms. The smallest absolute Gasteiger partial charge is 0.0900 e. The number of likely N-dealkylation sites (tertiary alicyclic amines) is 1. The van der Waals surface area contributed by atoms with Crippen LogP contribution in [0.25, 0.3) is 0 Å². The maximum absolute atomic E-state index is 9.56. The van der Waals surface area contributed by atoms with Gasteiger partial charge in [-0.2, -0.15) is 0 Å². The molecule has 0 aromatic heterocycles. The first kappa shape index (κ1) is 12.0. The number of hydrogen-bond acceptors (Lipinski definition) is 3. The molecule has 1 fully saturated rings. The van der Waals surface area contributed by atoms with Crippen LogP contribution in [0, 0.1) is 5.41 Å². The fraction of sp³-hybridized carbons (Fsp3) is 1.00. The van der Waals surface area contributed by atoms with Crippen LogP contribution < -0.4 is 0 Å². The van der Waals surface area contributed by atoms with Gasteiger partial charge >= 0.3 is 0 Å². The van der Waals surface area contributed by atoms with Crippen LogP contribution in [0.2, 0.25) is 0 Å². The number of piperidine rings is 1. The highest BCUT2D eigenvalue weighted by Crippen LogP contribution is 2.29. The number of aliphatic hydroxyl groups excluding tert-OH is 1. The van der Waals surface area contributed by atoms with Gasteiger partial charge in [-0.1, -0.05) is 13.8 Å². The molecule has 3 heteroatoms. The number of β-amino-alcohol motifs (C(OH)–C–C–N with tert-alkyl or cyclic N) is 1. The summed E-state index contributed by atoms with van der Waals surface area (Å²) in [5.41, 5.74) is 0.489. The third-order valence-corrected chi connectivity index (χ3v) is 3.04. The van der Waals surface area contributed by atoms with Gasteiger partial charge in [-0.25, -0.2) is 0 Å². The van der Waals surface area contributed by atoms with Gasteiger partial charge in [0.25, 0.3) is 0 Å². The summed E-state index contributed by atoms with van der Waals surface area (Å²) in [7, 11) is 1.63. The van der Waals surface area contributed by atoms with Gasteiger partial charge in [0.2, 0.25) is 0 Å². The van der Waals surface area contributed by atoms with Crippen molar-refractivity contribution in [1.82, 2.24) is 4.90 Å². The Morgan fingerprint density at radius 3 is 2.43 bits per heavy atom. The van der Waals surface area contributed by atoms with Crippen molar-refractivity contribution in [2.24, 2.45) is 5.41 Å². The monoisotopic (exact) mass is 201 g/mol. The van der Waals surface area contributed by atoms with Crippen molar-refractivity contribution < 1.29 is 9.84 Å². The van der Waals surface area contributed by atoms with Crippen molar-refractivity contribution >= 4 is 0 Å². The molecule has 14 heavy (non-hydrogen) atoms. The molecule has 3 nitrogen and oxygen atoms in total. The van der Waals surface area contributed by atoms with Gasteiger partial charge in [0.05, 0.1) is 12.7 Å². The highest BCUT2D eigenvalue weighted by Gasteiger charge is 2.25. The summed E-state index contributed by atoms with van der Waals surface area (Å²) in [4.78, 5) is 2.33. The van der Waals surface area contributed by atoms with E-state index in [4.69, 9.17) is 4.74 Å². The largest absolute Gasteiger partial charge is 0.389 e. The van der Waals surface area contributed by atoms with E-state index in [0.29, 0.717) is 12.0 Å². The maximum atomic E-state index is 9.56. The van der Waals surface area contributed by atoms with Gasteiger partial charge in [-0.15, -0.1) is 0 Å². The van der Waals surface area contributed by atoms with E-state index in [9.17, 15) is 5.11 Å². The SMILES string of the molecule is COCC(O)CN1CCC(C)(C)CC1. The minimum atomic E-state index is -0.332. The van der Waals surface area contributed by atoms with Crippen molar-refractivity contribution in [3.8, 4) is 0 Å². The third kappa shape index (κ3) is 3.95. The maximum Gasteiger partial charge on any atom is 0.0900 e. The molecule has 1 aliphatic rings. The molecule has 0 saturated carbocycles. The van der Waals surface area contributed by atoms with Gasteiger partial charge in [0.1, 0.15) is 0 Å². The van der Waals surface area contributed by atoms with Crippen LogP contribution in [0.5, 0.6) is 0 Å². The molecule has 1 N–H and O–H groups in total. The van der Waals surface area contributed by atoms with Crippen LogP contribution in [-0.2, 0) is 4.74 Å². The van der Waals surface area contributed by atoms with Crippen molar-refractivity contribution in [2.45, 2.75) is 32.8 Å². The lowest BCUT2D eigenvalue weighted by Gasteiger charge is -2.37. The Balaban J connectivity index is 2.22. The number of hydrogen-bond donors (Lipinski definition) is 1. The normalized spacial score (nSPS) is 24.9. The van der Waals surface area contributed by atoms with Gasteiger partial charge < -0.3 is 14.7 Å².